The first-order valence-corrected chi connectivity index (χ1v) is 8.71. The lowest BCUT2D eigenvalue weighted by Crippen LogP contribution is -2.57. The molecule has 126 valence electrons. The van der Waals surface area contributed by atoms with Crippen LogP contribution >= 0.6 is 11.3 Å². The molecular formula is C18H20N2O3S. The number of anilines is 1. The van der Waals surface area contributed by atoms with Crippen LogP contribution in [0.5, 0.6) is 5.75 Å². The predicted octanol–water partition coefficient (Wildman–Crippen LogP) is 2.94. The molecule has 0 radical (unpaired) electrons. The molecule has 1 aliphatic rings. The van der Waals surface area contributed by atoms with Gasteiger partial charge in [0.2, 0.25) is 5.91 Å². The van der Waals surface area contributed by atoms with E-state index in [4.69, 9.17) is 4.74 Å². The number of ether oxygens (including phenoxy) is 1. The highest BCUT2D eigenvalue weighted by Gasteiger charge is 2.36. The number of benzene rings is 1. The van der Waals surface area contributed by atoms with E-state index in [-0.39, 0.29) is 11.8 Å². The minimum absolute atomic E-state index is 0.0818. The quantitative estimate of drug-likeness (QED) is 0.860. The number of piperazine rings is 1. The Kier molecular flexibility index (Phi) is 4.57. The maximum atomic E-state index is 12.9. The fraction of sp³-hybridized carbons (Fsp3) is 0.333. The Morgan fingerprint density at radius 3 is 2.75 bits per heavy atom. The van der Waals surface area contributed by atoms with Gasteiger partial charge in [-0.2, -0.15) is 0 Å². The van der Waals surface area contributed by atoms with Gasteiger partial charge in [0.1, 0.15) is 11.8 Å². The summed E-state index contributed by atoms with van der Waals surface area (Å²) in [6.07, 6.45) is 0. The van der Waals surface area contributed by atoms with E-state index in [9.17, 15) is 9.59 Å². The van der Waals surface area contributed by atoms with Crippen LogP contribution in [0.2, 0.25) is 0 Å². The van der Waals surface area contributed by atoms with Crippen molar-refractivity contribution in [3.05, 3.63) is 46.2 Å². The molecule has 0 spiro atoms. The van der Waals surface area contributed by atoms with E-state index >= 15 is 0 Å². The van der Waals surface area contributed by atoms with Crippen molar-refractivity contribution in [3.8, 4) is 5.75 Å². The van der Waals surface area contributed by atoms with E-state index < -0.39 is 6.04 Å². The van der Waals surface area contributed by atoms with Crippen molar-refractivity contribution < 1.29 is 14.3 Å². The molecule has 1 unspecified atom stereocenters. The molecule has 1 saturated heterocycles. The lowest BCUT2D eigenvalue weighted by molar-refractivity contribution is -0.124. The summed E-state index contributed by atoms with van der Waals surface area (Å²) in [4.78, 5) is 29.5. The van der Waals surface area contributed by atoms with Crippen LogP contribution in [-0.4, -0.2) is 43.0 Å². The van der Waals surface area contributed by atoms with E-state index in [0.29, 0.717) is 23.7 Å². The molecule has 6 heteroatoms. The Bertz CT molecular complexity index is 758. The van der Waals surface area contributed by atoms with Gasteiger partial charge in [-0.15, -0.1) is 11.3 Å². The van der Waals surface area contributed by atoms with Crippen LogP contribution in [0, 0.1) is 6.92 Å². The summed E-state index contributed by atoms with van der Waals surface area (Å²) in [5, 5.41) is 1.87. The largest absolute Gasteiger partial charge is 0.495 e. The smallest absolute Gasteiger partial charge is 0.264 e. The maximum Gasteiger partial charge on any atom is 0.264 e. The van der Waals surface area contributed by atoms with Crippen LogP contribution in [0.3, 0.4) is 0 Å². The van der Waals surface area contributed by atoms with E-state index in [1.165, 1.54) is 11.3 Å². The van der Waals surface area contributed by atoms with Crippen molar-refractivity contribution in [2.24, 2.45) is 0 Å². The number of amides is 2. The number of nitrogens with zero attached hydrogens (tertiary/aromatic N) is 2. The van der Waals surface area contributed by atoms with Gasteiger partial charge in [0.25, 0.3) is 5.91 Å². The van der Waals surface area contributed by atoms with Crippen LogP contribution in [0.15, 0.2) is 35.7 Å². The second-order valence-corrected chi connectivity index (χ2v) is 6.76. The monoisotopic (exact) mass is 344 g/mol. The molecule has 1 aromatic heterocycles. The van der Waals surface area contributed by atoms with Gasteiger partial charge in [-0.05, 0) is 43.0 Å². The SMILES string of the molecule is COc1ccc(C)cc1N1CCN(C(=O)c2cccs2)C(C)C1=O. The fourth-order valence-corrected chi connectivity index (χ4v) is 3.62. The number of rotatable bonds is 3. The summed E-state index contributed by atoms with van der Waals surface area (Å²) in [6, 6.07) is 8.90. The van der Waals surface area contributed by atoms with Crippen LogP contribution < -0.4 is 9.64 Å². The second-order valence-electron chi connectivity index (χ2n) is 5.82. The van der Waals surface area contributed by atoms with Crippen molar-refractivity contribution in [1.29, 1.82) is 0 Å². The third kappa shape index (κ3) is 2.89. The van der Waals surface area contributed by atoms with Crippen LogP contribution in [0.4, 0.5) is 5.69 Å². The van der Waals surface area contributed by atoms with Gasteiger partial charge in [0.15, 0.2) is 0 Å². The van der Waals surface area contributed by atoms with E-state index in [1.54, 1.807) is 29.9 Å². The zero-order valence-corrected chi connectivity index (χ0v) is 14.8. The lowest BCUT2D eigenvalue weighted by Gasteiger charge is -2.39. The first kappa shape index (κ1) is 16.5. The normalized spacial score (nSPS) is 18.0. The zero-order chi connectivity index (χ0) is 17.3. The summed E-state index contributed by atoms with van der Waals surface area (Å²) in [5.41, 5.74) is 1.82. The molecule has 0 aliphatic carbocycles. The van der Waals surface area contributed by atoms with Gasteiger partial charge in [-0.25, -0.2) is 0 Å². The van der Waals surface area contributed by atoms with E-state index in [0.717, 1.165) is 11.3 Å². The highest BCUT2D eigenvalue weighted by Crippen LogP contribution is 2.32. The van der Waals surface area contributed by atoms with Gasteiger partial charge < -0.3 is 14.5 Å². The molecule has 2 heterocycles. The summed E-state index contributed by atoms with van der Waals surface area (Å²) >= 11 is 1.40. The third-order valence-electron chi connectivity index (χ3n) is 4.27. The van der Waals surface area contributed by atoms with Gasteiger partial charge in [0, 0.05) is 13.1 Å². The Balaban J connectivity index is 1.85. The Morgan fingerprint density at radius 2 is 2.08 bits per heavy atom. The number of methoxy groups -OCH3 is 1. The number of thiophene rings is 1. The second kappa shape index (κ2) is 6.65. The van der Waals surface area contributed by atoms with Crippen molar-refractivity contribution in [2.45, 2.75) is 19.9 Å². The minimum Gasteiger partial charge on any atom is -0.495 e. The van der Waals surface area contributed by atoms with Crippen molar-refractivity contribution in [3.63, 3.8) is 0 Å². The van der Waals surface area contributed by atoms with E-state index in [1.807, 2.05) is 36.6 Å². The van der Waals surface area contributed by atoms with Gasteiger partial charge in [-0.3, -0.25) is 9.59 Å². The summed E-state index contributed by atoms with van der Waals surface area (Å²) < 4.78 is 5.40. The van der Waals surface area contributed by atoms with Gasteiger partial charge in [0.05, 0.1) is 17.7 Å². The van der Waals surface area contributed by atoms with Crippen LogP contribution in [-0.2, 0) is 4.79 Å². The average molecular weight is 344 g/mol. The Morgan fingerprint density at radius 1 is 1.29 bits per heavy atom. The molecule has 1 aliphatic heterocycles. The topological polar surface area (TPSA) is 49.9 Å². The number of carbonyl (C=O) groups excluding carboxylic acids is 2. The van der Waals surface area contributed by atoms with Crippen LogP contribution in [0.1, 0.15) is 22.2 Å². The molecule has 5 nitrogen and oxygen atoms in total. The number of hydrogen-bond donors (Lipinski definition) is 0. The van der Waals surface area contributed by atoms with Gasteiger partial charge in [-0.1, -0.05) is 12.1 Å². The molecule has 0 N–H and O–H groups in total. The number of carbonyl (C=O) groups is 2. The van der Waals surface area contributed by atoms with Crippen LogP contribution in [0.25, 0.3) is 0 Å². The predicted molar refractivity (Wildman–Crippen MR) is 94.9 cm³/mol. The highest BCUT2D eigenvalue weighted by atomic mass is 32.1. The van der Waals surface area contributed by atoms with Crippen molar-refractivity contribution in [1.82, 2.24) is 4.90 Å². The zero-order valence-electron chi connectivity index (χ0n) is 14.0. The molecule has 0 bridgehead atoms. The first-order valence-electron chi connectivity index (χ1n) is 7.83. The standard InChI is InChI=1S/C18H20N2O3S/c1-12-6-7-15(23-3)14(11-12)20-9-8-19(13(2)17(20)21)18(22)16-5-4-10-24-16/h4-7,10-11,13H,8-9H2,1-3H3. The molecule has 0 saturated carbocycles. The molecule has 1 fully saturated rings. The minimum atomic E-state index is -0.501. The Labute approximate surface area is 145 Å². The highest BCUT2D eigenvalue weighted by molar-refractivity contribution is 7.12. The molecule has 1 atom stereocenters. The van der Waals surface area contributed by atoms with Crippen molar-refractivity contribution >= 4 is 28.8 Å². The summed E-state index contributed by atoms with van der Waals surface area (Å²) in [6.45, 7) is 4.72. The molecule has 3 rings (SSSR count). The Hall–Kier alpha value is -2.34. The first-order chi connectivity index (χ1) is 11.5. The third-order valence-corrected chi connectivity index (χ3v) is 5.13. The lowest BCUT2D eigenvalue weighted by atomic mass is 10.1. The van der Waals surface area contributed by atoms with Crippen molar-refractivity contribution in [2.75, 3.05) is 25.1 Å². The summed E-state index contributed by atoms with van der Waals surface area (Å²) in [5.74, 6) is 0.496. The van der Waals surface area contributed by atoms with Gasteiger partial charge >= 0.3 is 0 Å². The molecule has 1 aromatic carbocycles. The average Bonchev–Trinajstić information content (AvgIpc) is 3.11. The number of hydrogen-bond acceptors (Lipinski definition) is 4. The van der Waals surface area contributed by atoms with E-state index in [2.05, 4.69) is 0 Å². The molecular weight excluding hydrogens is 324 g/mol. The number of aryl methyl sites for hydroxylation is 1. The maximum absolute atomic E-state index is 12.9. The molecule has 2 amide bonds. The fourth-order valence-electron chi connectivity index (χ4n) is 2.94. The molecule has 24 heavy (non-hydrogen) atoms. The summed E-state index contributed by atoms with van der Waals surface area (Å²) in [7, 11) is 1.60. The molecule has 2 aromatic rings.